The van der Waals surface area contributed by atoms with Crippen molar-refractivity contribution in [1.82, 2.24) is 9.55 Å². The zero-order valence-corrected chi connectivity index (χ0v) is 10.5. The van der Waals surface area contributed by atoms with Crippen molar-refractivity contribution >= 4 is 5.69 Å². The van der Waals surface area contributed by atoms with Crippen LogP contribution in [0.2, 0.25) is 0 Å². The van der Waals surface area contributed by atoms with Gasteiger partial charge in [0.2, 0.25) is 0 Å². The van der Waals surface area contributed by atoms with E-state index in [0.29, 0.717) is 0 Å². The van der Waals surface area contributed by atoms with Crippen molar-refractivity contribution < 1.29 is 0 Å². The van der Waals surface area contributed by atoms with Crippen LogP contribution in [0.5, 0.6) is 0 Å². The van der Waals surface area contributed by atoms with Crippen LogP contribution in [0.1, 0.15) is 17.5 Å². The molecule has 0 unspecified atom stereocenters. The molecule has 0 saturated carbocycles. The van der Waals surface area contributed by atoms with E-state index in [4.69, 9.17) is 0 Å². The number of benzene rings is 1. The van der Waals surface area contributed by atoms with Gasteiger partial charge < -0.3 is 9.88 Å². The highest BCUT2D eigenvalue weighted by Gasteiger charge is 1.97. The van der Waals surface area contributed by atoms with Crippen LogP contribution >= 0.6 is 0 Å². The molecule has 2 aromatic rings. The van der Waals surface area contributed by atoms with Crippen molar-refractivity contribution in [2.75, 3.05) is 11.9 Å². The van der Waals surface area contributed by atoms with Crippen molar-refractivity contribution in [2.24, 2.45) is 0 Å². The summed E-state index contributed by atoms with van der Waals surface area (Å²) in [5, 5.41) is 3.47. The Morgan fingerprint density at radius 2 is 2.18 bits per heavy atom. The monoisotopic (exact) mass is 229 g/mol. The number of nitrogens with one attached hydrogen (secondary N) is 1. The average Bonchev–Trinajstić information content (AvgIpc) is 2.79. The predicted molar refractivity (Wildman–Crippen MR) is 71.2 cm³/mol. The van der Waals surface area contributed by atoms with Gasteiger partial charge in [0.05, 0.1) is 6.33 Å². The number of imidazole rings is 1. The molecule has 0 radical (unpaired) electrons. The Kier molecular flexibility index (Phi) is 3.81. The third-order valence-electron chi connectivity index (χ3n) is 2.85. The maximum Gasteiger partial charge on any atom is 0.0945 e. The summed E-state index contributed by atoms with van der Waals surface area (Å²) in [5.74, 6) is 0. The number of aromatic nitrogens is 2. The summed E-state index contributed by atoms with van der Waals surface area (Å²) in [4.78, 5) is 4.03. The van der Waals surface area contributed by atoms with Gasteiger partial charge in [-0.2, -0.15) is 0 Å². The Balaban J connectivity index is 1.78. The molecule has 0 bridgehead atoms. The predicted octanol–water partition coefficient (Wildman–Crippen LogP) is 3.00. The highest BCUT2D eigenvalue weighted by molar-refractivity contribution is 5.51. The van der Waals surface area contributed by atoms with E-state index in [1.54, 1.807) is 0 Å². The molecule has 1 aromatic heterocycles. The molecule has 90 valence electrons. The van der Waals surface area contributed by atoms with Crippen LogP contribution in [0.15, 0.2) is 36.9 Å². The standard InChI is InChI=1S/C14H19N3/c1-12-4-5-14(13(2)10-12)16-6-3-8-17-9-7-15-11-17/h4-5,7,9-11,16H,3,6,8H2,1-2H3. The minimum atomic E-state index is 0.988. The van der Waals surface area contributed by atoms with Gasteiger partial charge in [-0.15, -0.1) is 0 Å². The summed E-state index contributed by atoms with van der Waals surface area (Å²) in [6, 6.07) is 6.51. The Labute approximate surface area is 103 Å². The molecule has 3 nitrogen and oxygen atoms in total. The number of hydrogen-bond donors (Lipinski definition) is 1. The second kappa shape index (κ2) is 5.53. The maximum atomic E-state index is 4.03. The minimum absolute atomic E-state index is 0.988. The Morgan fingerprint density at radius 1 is 1.29 bits per heavy atom. The van der Waals surface area contributed by atoms with Crippen LogP contribution in [-0.4, -0.2) is 16.1 Å². The van der Waals surface area contributed by atoms with Crippen LogP contribution in [-0.2, 0) is 6.54 Å². The van der Waals surface area contributed by atoms with Crippen LogP contribution in [0.25, 0.3) is 0 Å². The van der Waals surface area contributed by atoms with Crippen LogP contribution in [0.3, 0.4) is 0 Å². The third kappa shape index (κ3) is 3.34. The van der Waals surface area contributed by atoms with E-state index in [0.717, 1.165) is 19.5 Å². The van der Waals surface area contributed by atoms with Gasteiger partial charge in [-0.25, -0.2) is 4.98 Å². The number of anilines is 1. The van der Waals surface area contributed by atoms with Gasteiger partial charge in [0.25, 0.3) is 0 Å². The molecule has 0 saturated heterocycles. The highest BCUT2D eigenvalue weighted by atomic mass is 15.0. The Morgan fingerprint density at radius 3 is 2.88 bits per heavy atom. The van der Waals surface area contributed by atoms with Gasteiger partial charge >= 0.3 is 0 Å². The lowest BCUT2D eigenvalue weighted by atomic mass is 10.1. The number of nitrogens with zero attached hydrogens (tertiary/aromatic N) is 2. The van der Waals surface area contributed by atoms with Crippen LogP contribution in [0, 0.1) is 13.8 Å². The first-order valence-electron chi connectivity index (χ1n) is 6.02. The first-order chi connectivity index (χ1) is 8.25. The van der Waals surface area contributed by atoms with E-state index >= 15 is 0 Å². The molecule has 1 heterocycles. The molecule has 0 fully saturated rings. The quantitative estimate of drug-likeness (QED) is 0.799. The van der Waals surface area contributed by atoms with Gasteiger partial charge in [-0.1, -0.05) is 17.7 Å². The Bertz CT molecular complexity index is 460. The van der Waals surface area contributed by atoms with E-state index in [9.17, 15) is 0 Å². The van der Waals surface area contributed by atoms with E-state index < -0.39 is 0 Å². The maximum absolute atomic E-state index is 4.03. The molecule has 0 spiro atoms. The van der Waals surface area contributed by atoms with Gasteiger partial charge in [-0.05, 0) is 31.9 Å². The summed E-state index contributed by atoms with van der Waals surface area (Å²) in [5.41, 5.74) is 3.86. The number of rotatable bonds is 5. The number of aryl methyl sites for hydroxylation is 3. The van der Waals surface area contributed by atoms with E-state index in [-0.39, 0.29) is 0 Å². The van der Waals surface area contributed by atoms with Crippen molar-refractivity contribution in [3.63, 3.8) is 0 Å². The molecule has 1 aromatic carbocycles. The second-order valence-corrected chi connectivity index (χ2v) is 4.40. The molecule has 0 amide bonds. The molecule has 0 aliphatic heterocycles. The summed E-state index contributed by atoms with van der Waals surface area (Å²) >= 11 is 0. The third-order valence-corrected chi connectivity index (χ3v) is 2.85. The second-order valence-electron chi connectivity index (χ2n) is 4.40. The smallest absolute Gasteiger partial charge is 0.0945 e. The van der Waals surface area contributed by atoms with Gasteiger partial charge in [0, 0.05) is 31.2 Å². The topological polar surface area (TPSA) is 29.9 Å². The molecule has 17 heavy (non-hydrogen) atoms. The molecule has 0 atom stereocenters. The summed E-state index contributed by atoms with van der Waals surface area (Å²) in [6.45, 7) is 6.26. The molecule has 0 aliphatic rings. The Hall–Kier alpha value is -1.77. The zero-order valence-electron chi connectivity index (χ0n) is 10.5. The fourth-order valence-electron chi connectivity index (χ4n) is 1.92. The summed E-state index contributed by atoms with van der Waals surface area (Å²) < 4.78 is 2.10. The van der Waals surface area contributed by atoms with E-state index in [2.05, 4.69) is 46.9 Å². The van der Waals surface area contributed by atoms with Crippen molar-refractivity contribution in [2.45, 2.75) is 26.8 Å². The molecular weight excluding hydrogens is 210 g/mol. The van der Waals surface area contributed by atoms with Crippen LogP contribution < -0.4 is 5.32 Å². The first-order valence-corrected chi connectivity index (χ1v) is 6.02. The van der Waals surface area contributed by atoms with E-state index in [1.165, 1.54) is 16.8 Å². The summed E-state index contributed by atoms with van der Waals surface area (Å²) in [7, 11) is 0. The van der Waals surface area contributed by atoms with Crippen molar-refractivity contribution in [1.29, 1.82) is 0 Å². The molecule has 0 aliphatic carbocycles. The summed E-state index contributed by atoms with van der Waals surface area (Å²) in [6.07, 6.45) is 6.77. The fraction of sp³-hybridized carbons (Fsp3) is 0.357. The van der Waals surface area contributed by atoms with E-state index in [1.807, 2.05) is 18.7 Å². The minimum Gasteiger partial charge on any atom is -0.385 e. The highest BCUT2D eigenvalue weighted by Crippen LogP contribution is 2.15. The van der Waals surface area contributed by atoms with Gasteiger partial charge in [-0.3, -0.25) is 0 Å². The largest absolute Gasteiger partial charge is 0.385 e. The lowest BCUT2D eigenvalue weighted by molar-refractivity contribution is 0.660. The first kappa shape index (κ1) is 11.7. The molecule has 1 N–H and O–H groups in total. The molecule has 2 rings (SSSR count). The van der Waals surface area contributed by atoms with Crippen molar-refractivity contribution in [3.8, 4) is 0 Å². The molecular formula is C14H19N3. The fourth-order valence-corrected chi connectivity index (χ4v) is 1.92. The zero-order chi connectivity index (χ0) is 12.1. The van der Waals surface area contributed by atoms with Crippen LogP contribution in [0.4, 0.5) is 5.69 Å². The normalized spacial score (nSPS) is 10.5. The lowest BCUT2D eigenvalue weighted by Crippen LogP contribution is -2.06. The lowest BCUT2D eigenvalue weighted by Gasteiger charge is -2.10. The average molecular weight is 229 g/mol. The van der Waals surface area contributed by atoms with Gasteiger partial charge in [0.15, 0.2) is 0 Å². The van der Waals surface area contributed by atoms with Crippen molar-refractivity contribution in [3.05, 3.63) is 48.0 Å². The van der Waals surface area contributed by atoms with Gasteiger partial charge in [0.1, 0.15) is 0 Å². The number of hydrogen-bond acceptors (Lipinski definition) is 2. The molecule has 3 heteroatoms. The SMILES string of the molecule is Cc1ccc(NCCCn2ccnc2)c(C)c1.